The molecule has 196 valence electrons. The van der Waals surface area contributed by atoms with Gasteiger partial charge in [-0.25, -0.2) is 9.07 Å². The lowest BCUT2D eigenvalue weighted by Crippen LogP contribution is -2.44. The van der Waals surface area contributed by atoms with Gasteiger partial charge in [-0.15, -0.1) is 11.8 Å². The first kappa shape index (κ1) is 26.7. The van der Waals surface area contributed by atoms with Crippen LogP contribution in [-0.4, -0.2) is 47.0 Å². The van der Waals surface area contributed by atoms with Gasteiger partial charge in [-0.2, -0.15) is 5.10 Å². The van der Waals surface area contributed by atoms with Crippen molar-refractivity contribution in [3.05, 3.63) is 71.2 Å². The lowest BCUT2D eigenvalue weighted by molar-refractivity contribution is -0.123. The summed E-state index contributed by atoms with van der Waals surface area (Å²) in [6.07, 6.45) is 0. The highest BCUT2D eigenvalue weighted by Crippen LogP contribution is 2.48. The van der Waals surface area contributed by atoms with Crippen LogP contribution in [0, 0.1) is 5.82 Å². The van der Waals surface area contributed by atoms with Crippen molar-refractivity contribution in [3.63, 3.8) is 0 Å². The maximum Gasteiger partial charge on any atom is 0.240 e. The molecule has 2 amide bonds. The maximum absolute atomic E-state index is 13.8. The van der Waals surface area contributed by atoms with Crippen molar-refractivity contribution in [1.29, 1.82) is 0 Å². The first-order valence-corrected chi connectivity index (χ1v) is 13.3. The van der Waals surface area contributed by atoms with Gasteiger partial charge in [-0.3, -0.25) is 14.5 Å². The molecule has 37 heavy (non-hydrogen) atoms. The highest BCUT2D eigenvalue weighted by molar-refractivity contribution is 8.00. The van der Waals surface area contributed by atoms with Gasteiger partial charge >= 0.3 is 0 Å². The van der Waals surface area contributed by atoms with E-state index in [9.17, 15) is 14.0 Å². The smallest absolute Gasteiger partial charge is 0.240 e. The molecule has 0 radical (unpaired) electrons. The van der Waals surface area contributed by atoms with Crippen molar-refractivity contribution in [2.24, 2.45) is 0 Å². The van der Waals surface area contributed by atoms with Crippen LogP contribution in [0.3, 0.4) is 0 Å². The number of fused-ring (bicyclic) bond motifs is 1. The molecule has 0 bridgehead atoms. The summed E-state index contributed by atoms with van der Waals surface area (Å²) < 4.78 is 20.9. The predicted octanol–water partition coefficient (Wildman–Crippen LogP) is 5.01. The third kappa shape index (κ3) is 5.66. The standard InChI is InChI=1S/C28H33FN4O3S/c1-17(2)30-22(34)15-32-23(35)16-37-25(18-7-9-19(29)10-8-18)24-26(28(3,4)5)31-33(27(24)32)20-11-13-21(36-6)14-12-20/h7-14,17,25H,15-16H2,1-6H3,(H,30,34)/t25-/m1/s1. The van der Waals surface area contributed by atoms with Crippen LogP contribution in [0.1, 0.15) is 56.7 Å². The third-order valence-electron chi connectivity index (χ3n) is 6.04. The minimum Gasteiger partial charge on any atom is -0.497 e. The average molecular weight is 525 g/mol. The Morgan fingerprint density at radius 3 is 2.38 bits per heavy atom. The number of nitrogens with one attached hydrogen (secondary N) is 1. The zero-order valence-electron chi connectivity index (χ0n) is 22.0. The van der Waals surface area contributed by atoms with E-state index in [1.165, 1.54) is 28.8 Å². The number of nitrogens with zero attached hydrogens (tertiary/aromatic N) is 3. The molecule has 3 aromatic rings. The van der Waals surface area contributed by atoms with Crippen LogP contribution in [-0.2, 0) is 15.0 Å². The van der Waals surface area contributed by atoms with E-state index in [-0.39, 0.29) is 46.6 Å². The van der Waals surface area contributed by atoms with Crippen LogP contribution in [0.5, 0.6) is 5.75 Å². The van der Waals surface area contributed by atoms with Gasteiger partial charge in [-0.1, -0.05) is 32.9 Å². The van der Waals surface area contributed by atoms with E-state index in [0.717, 1.165) is 22.5 Å². The maximum atomic E-state index is 13.8. The molecule has 9 heteroatoms. The summed E-state index contributed by atoms with van der Waals surface area (Å²) in [6.45, 7) is 9.85. The molecule has 0 saturated carbocycles. The number of methoxy groups -OCH3 is 1. The van der Waals surface area contributed by atoms with Crippen LogP contribution in [0.15, 0.2) is 48.5 Å². The Kier molecular flexibility index (Phi) is 7.64. The van der Waals surface area contributed by atoms with Crippen molar-refractivity contribution in [2.45, 2.75) is 51.3 Å². The number of hydrogen-bond donors (Lipinski definition) is 1. The Bertz CT molecular complexity index is 1280. The minimum atomic E-state index is -0.375. The fourth-order valence-corrected chi connectivity index (χ4v) is 5.59. The number of carbonyl (C=O) groups excluding carboxylic acids is 2. The van der Waals surface area contributed by atoms with E-state index in [4.69, 9.17) is 9.84 Å². The number of ether oxygens (including phenoxy) is 1. The zero-order valence-corrected chi connectivity index (χ0v) is 22.9. The Morgan fingerprint density at radius 2 is 1.81 bits per heavy atom. The molecule has 1 aliphatic rings. The summed E-state index contributed by atoms with van der Waals surface area (Å²) in [5.74, 6) is 0.651. The molecule has 1 N–H and O–H groups in total. The second-order valence-electron chi connectivity index (χ2n) is 10.4. The Balaban J connectivity index is 1.99. The first-order valence-electron chi connectivity index (χ1n) is 12.2. The summed E-state index contributed by atoms with van der Waals surface area (Å²) >= 11 is 1.46. The van der Waals surface area contributed by atoms with Crippen molar-refractivity contribution in [1.82, 2.24) is 15.1 Å². The molecule has 0 spiro atoms. The fraction of sp³-hybridized carbons (Fsp3) is 0.393. The van der Waals surface area contributed by atoms with E-state index in [1.807, 2.05) is 38.1 Å². The third-order valence-corrected chi connectivity index (χ3v) is 7.30. The molecule has 0 fully saturated rings. The van der Waals surface area contributed by atoms with E-state index in [1.54, 1.807) is 23.9 Å². The van der Waals surface area contributed by atoms with Gasteiger partial charge in [0, 0.05) is 17.0 Å². The Morgan fingerprint density at radius 1 is 1.16 bits per heavy atom. The van der Waals surface area contributed by atoms with Crippen LogP contribution < -0.4 is 15.0 Å². The van der Waals surface area contributed by atoms with Gasteiger partial charge in [0.1, 0.15) is 23.9 Å². The molecule has 2 heterocycles. The fourth-order valence-electron chi connectivity index (χ4n) is 4.39. The van der Waals surface area contributed by atoms with E-state index < -0.39 is 0 Å². The molecule has 1 atom stereocenters. The summed E-state index contributed by atoms with van der Waals surface area (Å²) in [4.78, 5) is 28.0. The molecular formula is C28H33FN4O3S. The Hall–Kier alpha value is -3.33. The van der Waals surface area contributed by atoms with Crippen LogP contribution in [0.2, 0.25) is 0 Å². The molecule has 0 aliphatic carbocycles. The highest BCUT2D eigenvalue weighted by Gasteiger charge is 2.40. The second-order valence-corrected chi connectivity index (χ2v) is 11.5. The molecule has 0 saturated heterocycles. The number of carbonyl (C=O) groups is 2. The molecular weight excluding hydrogens is 491 g/mol. The molecule has 1 aliphatic heterocycles. The summed E-state index contributed by atoms with van der Waals surface area (Å²) in [6, 6.07) is 13.7. The lowest BCUT2D eigenvalue weighted by atomic mass is 9.87. The number of thioether (sulfide) groups is 1. The van der Waals surface area contributed by atoms with Gasteiger partial charge in [0.2, 0.25) is 11.8 Å². The zero-order chi connectivity index (χ0) is 26.9. The topological polar surface area (TPSA) is 76.5 Å². The van der Waals surface area contributed by atoms with Crippen LogP contribution >= 0.6 is 11.8 Å². The second kappa shape index (κ2) is 10.6. The lowest BCUT2D eigenvalue weighted by Gasteiger charge is -2.25. The quantitative estimate of drug-likeness (QED) is 0.491. The number of benzene rings is 2. The minimum absolute atomic E-state index is 0.0629. The monoisotopic (exact) mass is 524 g/mol. The SMILES string of the molecule is COc1ccc(-n2nc(C(C)(C)C)c3c2N(CC(=O)NC(C)C)C(=O)CS[C@@H]3c2ccc(F)cc2)cc1. The van der Waals surface area contributed by atoms with E-state index in [2.05, 4.69) is 26.1 Å². The van der Waals surface area contributed by atoms with E-state index >= 15 is 0 Å². The molecule has 7 nitrogen and oxygen atoms in total. The largest absolute Gasteiger partial charge is 0.497 e. The highest BCUT2D eigenvalue weighted by atomic mass is 32.2. The van der Waals surface area contributed by atoms with Crippen molar-refractivity contribution < 1.29 is 18.7 Å². The van der Waals surface area contributed by atoms with Crippen molar-refractivity contribution >= 4 is 29.4 Å². The van der Waals surface area contributed by atoms with Crippen molar-refractivity contribution in [3.8, 4) is 11.4 Å². The number of rotatable bonds is 6. The summed E-state index contributed by atoms with van der Waals surface area (Å²) in [5, 5.41) is 7.66. The van der Waals surface area contributed by atoms with Gasteiger partial charge in [0.25, 0.3) is 0 Å². The molecule has 2 aromatic carbocycles. The van der Waals surface area contributed by atoms with Gasteiger partial charge in [0.05, 0.1) is 29.5 Å². The first-order chi connectivity index (χ1) is 17.5. The van der Waals surface area contributed by atoms with Crippen LogP contribution in [0.4, 0.5) is 10.2 Å². The van der Waals surface area contributed by atoms with Crippen molar-refractivity contribution in [2.75, 3.05) is 24.3 Å². The summed E-state index contributed by atoms with van der Waals surface area (Å²) in [7, 11) is 1.60. The number of amides is 2. The molecule has 1 aromatic heterocycles. The number of anilines is 1. The molecule has 0 unspecified atom stereocenters. The van der Waals surface area contributed by atoms with E-state index in [0.29, 0.717) is 11.6 Å². The summed E-state index contributed by atoms with van der Waals surface area (Å²) in [5.41, 5.74) is 2.89. The predicted molar refractivity (Wildman–Crippen MR) is 145 cm³/mol. The molecule has 4 rings (SSSR count). The normalized spacial score (nSPS) is 15.9. The number of hydrogen-bond acceptors (Lipinski definition) is 5. The van der Waals surface area contributed by atoms with Gasteiger partial charge in [0.15, 0.2) is 0 Å². The Labute approximate surface area is 221 Å². The van der Waals surface area contributed by atoms with Gasteiger partial charge in [-0.05, 0) is 55.8 Å². The average Bonchev–Trinajstić information content (AvgIpc) is 3.18. The number of halogens is 1. The van der Waals surface area contributed by atoms with Crippen LogP contribution in [0.25, 0.3) is 5.69 Å². The van der Waals surface area contributed by atoms with Gasteiger partial charge < -0.3 is 10.1 Å². The number of aromatic nitrogens is 2.